The van der Waals surface area contributed by atoms with Gasteiger partial charge in [0.05, 0.1) is 4.92 Å². The van der Waals surface area contributed by atoms with Crippen molar-refractivity contribution in [3.63, 3.8) is 0 Å². The van der Waals surface area contributed by atoms with Crippen LogP contribution in [0.4, 0.5) is 5.69 Å². The van der Waals surface area contributed by atoms with Crippen molar-refractivity contribution in [2.24, 2.45) is 0 Å². The molecule has 118 valence electrons. The van der Waals surface area contributed by atoms with Crippen molar-refractivity contribution in [2.45, 2.75) is 32.2 Å². The largest absolute Gasteiger partial charge is 0.477 e. The highest BCUT2D eigenvalue weighted by Gasteiger charge is 2.24. The van der Waals surface area contributed by atoms with E-state index in [1.54, 1.807) is 4.90 Å². The van der Waals surface area contributed by atoms with E-state index in [0.717, 1.165) is 25.3 Å². The third-order valence-corrected chi connectivity index (χ3v) is 3.79. The van der Waals surface area contributed by atoms with E-state index in [-0.39, 0.29) is 35.6 Å². The zero-order chi connectivity index (χ0) is 16.1. The predicted octanol–water partition coefficient (Wildman–Crippen LogP) is 2.19. The van der Waals surface area contributed by atoms with Crippen molar-refractivity contribution in [1.29, 1.82) is 0 Å². The Labute approximate surface area is 128 Å². The minimum atomic E-state index is -0.629. The van der Waals surface area contributed by atoms with Crippen molar-refractivity contribution in [3.8, 4) is 5.75 Å². The maximum absolute atomic E-state index is 12.2. The number of ether oxygens (including phenoxy) is 1. The molecule has 1 aliphatic rings. The Morgan fingerprint density at radius 1 is 1.50 bits per heavy atom. The molecule has 1 amide bonds. The Morgan fingerprint density at radius 3 is 2.91 bits per heavy atom. The first-order valence-electron chi connectivity index (χ1n) is 7.19. The summed E-state index contributed by atoms with van der Waals surface area (Å²) in [6.45, 7) is 2.43. The third kappa shape index (κ3) is 3.60. The number of aldehydes is 1. The Hall–Kier alpha value is -2.44. The van der Waals surface area contributed by atoms with E-state index in [0.29, 0.717) is 12.8 Å². The van der Waals surface area contributed by atoms with Crippen LogP contribution >= 0.6 is 0 Å². The zero-order valence-corrected chi connectivity index (χ0v) is 12.4. The molecule has 2 rings (SSSR count). The first kappa shape index (κ1) is 15.9. The average molecular weight is 306 g/mol. The molecule has 1 atom stereocenters. The fourth-order valence-electron chi connectivity index (χ4n) is 2.56. The Balaban J connectivity index is 2.06. The summed E-state index contributed by atoms with van der Waals surface area (Å²) in [7, 11) is 0. The first-order chi connectivity index (χ1) is 10.5. The van der Waals surface area contributed by atoms with Crippen molar-refractivity contribution in [1.82, 2.24) is 4.90 Å². The van der Waals surface area contributed by atoms with E-state index in [1.807, 2.05) is 6.92 Å². The Bertz CT molecular complexity index is 587. The second-order valence-electron chi connectivity index (χ2n) is 5.32. The van der Waals surface area contributed by atoms with Gasteiger partial charge < -0.3 is 9.64 Å². The lowest BCUT2D eigenvalue weighted by molar-refractivity contribution is -0.385. The fourth-order valence-corrected chi connectivity index (χ4v) is 2.56. The number of likely N-dealkylation sites (tertiary alicyclic amines) is 1. The molecule has 1 aromatic rings. The minimum Gasteiger partial charge on any atom is -0.477 e. The van der Waals surface area contributed by atoms with Crippen molar-refractivity contribution >= 4 is 17.9 Å². The lowest BCUT2D eigenvalue weighted by Crippen LogP contribution is -2.44. The van der Waals surface area contributed by atoms with Crippen LogP contribution in [0.5, 0.6) is 5.75 Å². The topological polar surface area (TPSA) is 89.8 Å². The quantitative estimate of drug-likeness (QED) is 0.472. The number of carbonyl (C=O) groups is 2. The summed E-state index contributed by atoms with van der Waals surface area (Å²) in [6, 6.07) is 4.06. The monoisotopic (exact) mass is 306 g/mol. The van der Waals surface area contributed by atoms with Crippen LogP contribution in [0.2, 0.25) is 0 Å². The number of carbonyl (C=O) groups excluding carboxylic acids is 2. The van der Waals surface area contributed by atoms with E-state index >= 15 is 0 Å². The highest BCUT2D eigenvalue weighted by molar-refractivity contribution is 5.79. The molecule has 0 bridgehead atoms. The van der Waals surface area contributed by atoms with Gasteiger partial charge in [-0.2, -0.15) is 0 Å². The standard InChI is InChI=1S/C15H18N2O5/c1-11-4-2-3-7-16(11)15(19)10-22-14-6-5-12(9-18)8-13(14)17(20)21/h5-6,8-9,11H,2-4,7,10H2,1H3/t11-/m1/s1. The molecule has 0 spiro atoms. The van der Waals surface area contributed by atoms with Gasteiger partial charge in [-0.3, -0.25) is 19.7 Å². The normalized spacial score (nSPS) is 17.9. The number of piperidine rings is 1. The summed E-state index contributed by atoms with van der Waals surface area (Å²) in [4.78, 5) is 35.0. The lowest BCUT2D eigenvalue weighted by atomic mass is 10.0. The second kappa shape index (κ2) is 7.02. The number of amides is 1. The number of nitro groups is 1. The van der Waals surface area contributed by atoms with Gasteiger partial charge in [0.2, 0.25) is 0 Å². The van der Waals surface area contributed by atoms with Gasteiger partial charge in [0.1, 0.15) is 6.29 Å². The van der Waals surface area contributed by atoms with Crippen LogP contribution in [0.15, 0.2) is 18.2 Å². The average Bonchev–Trinajstić information content (AvgIpc) is 2.52. The van der Waals surface area contributed by atoms with Gasteiger partial charge in [-0.05, 0) is 38.3 Å². The van der Waals surface area contributed by atoms with Crippen molar-refractivity contribution in [3.05, 3.63) is 33.9 Å². The third-order valence-electron chi connectivity index (χ3n) is 3.79. The molecule has 0 aliphatic carbocycles. The smallest absolute Gasteiger partial charge is 0.311 e. The van der Waals surface area contributed by atoms with Gasteiger partial charge >= 0.3 is 5.69 Å². The van der Waals surface area contributed by atoms with Gasteiger partial charge in [-0.15, -0.1) is 0 Å². The summed E-state index contributed by atoms with van der Waals surface area (Å²) in [5.74, 6) is -0.186. The molecule has 0 unspecified atom stereocenters. The van der Waals surface area contributed by atoms with Gasteiger partial charge in [0.25, 0.3) is 5.91 Å². The summed E-state index contributed by atoms with van der Waals surface area (Å²) in [5.41, 5.74) is -0.126. The van der Waals surface area contributed by atoms with Crippen LogP contribution in [-0.4, -0.2) is 41.2 Å². The molecular formula is C15H18N2O5. The number of hydrogen-bond acceptors (Lipinski definition) is 5. The first-order valence-corrected chi connectivity index (χ1v) is 7.19. The number of benzene rings is 1. The summed E-state index contributed by atoms with van der Waals surface area (Å²) >= 11 is 0. The number of rotatable bonds is 5. The molecule has 22 heavy (non-hydrogen) atoms. The molecule has 0 N–H and O–H groups in total. The molecule has 0 aromatic heterocycles. The van der Waals surface area contributed by atoms with E-state index in [2.05, 4.69) is 0 Å². The summed E-state index contributed by atoms with van der Waals surface area (Å²) < 4.78 is 5.31. The molecule has 7 nitrogen and oxygen atoms in total. The molecule has 1 aromatic carbocycles. The van der Waals surface area contributed by atoms with Gasteiger partial charge in [-0.1, -0.05) is 0 Å². The van der Waals surface area contributed by atoms with Gasteiger partial charge in [-0.25, -0.2) is 0 Å². The summed E-state index contributed by atoms with van der Waals surface area (Å²) in [5, 5.41) is 11.0. The van der Waals surface area contributed by atoms with Crippen LogP contribution in [0.25, 0.3) is 0 Å². The van der Waals surface area contributed by atoms with Crippen LogP contribution < -0.4 is 4.74 Å². The molecular weight excluding hydrogens is 288 g/mol. The van der Waals surface area contributed by atoms with Crippen LogP contribution in [0.3, 0.4) is 0 Å². The van der Waals surface area contributed by atoms with Crippen LogP contribution in [0, 0.1) is 10.1 Å². The van der Waals surface area contributed by atoms with E-state index in [9.17, 15) is 19.7 Å². The Morgan fingerprint density at radius 2 is 2.27 bits per heavy atom. The van der Waals surface area contributed by atoms with Gasteiger partial charge in [0, 0.05) is 24.2 Å². The molecule has 0 radical (unpaired) electrons. The highest BCUT2D eigenvalue weighted by atomic mass is 16.6. The molecule has 7 heteroatoms. The predicted molar refractivity (Wildman–Crippen MR) is 79.0 cm³/mol. The fraction of sp³-hybridized carbons (Fsp3) is 0.467. The maximum Gasteiger partial charge on any atom is 0.311 e. The Kier molecular flexibility index (Phi) is 5.08. The molecule has 1 aliphatic heterocycles. The molecule has 1 saturated heterocycles. The minimum absolute atomic E-state index is 0.00591. The van der Waals surface area contributed by atoms with Crippen molar-refractivity contribution < 1.29 is 19.2 Å². The molecule has 1 heterocycles. The SMILES string of the molecule is C[C@@H]1CCCCN1C(=O)COc1ccc(C=O)cc1[N+](=O)[O-]. The molecule has 0 saturated carbocycles. The van der Waals surface area contributed by atoms with Crippen LogP contribution in [0.1, 0.15) is 36.5 Å². The van der Waals surface area contributed by atoms with Crippen LogP contribution in [-0.2, 0) is 4.79 Å². The maximum atomic E-state index is 12.2. The van der Waals surface area contributed by atoms with Gasteiger partial charge in [0.15, 0.2) is 12.4 Å². The zero-order valence-electron chi connectivity index (χ0n) is 12.4. The molecule has 1 fully saturated rings. The highest BCUT2D eigenvalue weighted by Crippen LogP contribution is 2.27. The van der Waals surface area contributed by atoms with Crippen molar-refractivity contribution in [2.75, 3.05) is 13.2 Å². The lowest BCUT2D eigenvalue weighted by Gasteiger charge is -2.33. The van der Waals surface area contributed by atoms with E-state index < -0.39 is 4.92 Å². The number of hydrogen-bond donors (Lipinski definition) is 0. The van der Waals surface area contributed by atoms with E-state index in [1.165, 1.54) is 12.1 Å². The second-order valence-corrected chi connectivity index (χ2v) is 5.32. The summed E-state index contributed by atoms with van der Waals surface area (Å²) in [6.07, 6.45) is 3.55. The number of nitro benzene ring substituents is 1. The van der Waals surface area contributed by atoms with E-state index in [4.69, 9.17) is 4.74 Å². The number of nitrogens with zero attached hydrogens (tertiary/aromatic N) is 2.